The van der Waals surface area contributed by atoms with Gasteiger partial charge in [0.25, 0.3) is 11.6 Å². The van der Waals surface area contributed by atoms with Crippen molar-refractivity contribution in [3.8, 4) is 0 Å². The molecule has 16 heteroatoms. The molecule has 30 heavy (non-hydrogen) atoms. The van der Waals surface area contributed by atoms with Gasteiger partial charge in [0.2, 0.25) is 5.91 Å². The second-order valence-electron chi connectivity index (χ2n) is 6.15. The van der Waals surface area contributed by atoms with E-state index in [2.05, 4.69) is 5.32 Å². The Labute approximate surface area is 176 Å². The normalized spacial score (nSPS) is 27.3. The molecule has 0 aliphatic carbocycles. The molecule has 2 amide bonds. The standard InChI is InChI=1S/C14H14F3N3O7S3/c1-27-13(18-8(21)5-7-3-2-4-28-7)11(24)20-9(10(22)23)19(6-29-12(13)20)30(25,26)14(15,16)17/h2-4,9,12H,5-6H2,1H3,(H,18,21)(H,22,23). The molecule has 0 aromatic carbocycles. The van der Waals surface area contributed by atoms with Gasteiger partial charge in [-0.3, -0.25) is 14.5 Å². The molecule has 0 spiro atoms. The van der Waals surface area contributed by atoms with Crippen LogP contribution in [0.25, 0.3) is 0 Å². The second-order valence-corrected chi connectivity index (χ2v) is 10.1. The number of alkyl halides is 3. The third-order valence-corrected chi connectivity index (χ3v) is 8.31. The third-order valence-electron chi connectivity index (χ3n) is 4.43. The number of amides is 2. The number of carboxylic acids is 1. The number of thiophene rings is 1. The van der Waals surface area contributed by atoms with Crippen LogP contribution < -0.4 is 5.32 Å². The first-order valence-corrected chi connectivity index (χ1v) is 11.4. The summed E-state index contributed by atoms with van der Waals surface area (Å²) in [4.78, 5) is 37.8. The van der Waals surface area contributed by atoms with E-state index in [1.807, 2.05) is 0 Å². The smallest absolute Gasteiger partial charge is 0.479 e. The van der Waals surface area contributed by atoms with E-state index >= 15 is 0 Å². The lowest BCUT2D eigenvalue weighted by Gasteiger charge is -2.59. The Kier molecular flexibility index (Phi) is 5.83. The van der Waals surface area contributed by atoms with Crippen LogP contribution in [-0.2, 0) is 35.6 Å². The van der Waals surface area contributed by atoms with E-state index in [-0.39, 0.29) is 10.7 Å². The molecule has 1 aromatic rings. The van der Waals surface area contributed by atoms with Gasteiger partial charge in [-0.1, -0.05) is 6.07 Å². The number of nitrogens with one attached hydrogen (secondary N) is 1. The van der Waals surface area contributed by atoms with Gasteiger partial charge in [0.05, 0.1) is 12.3 Å². The highest BCUT2D eigenvalue weighted by Crippen LogP contribution is 2.47. The van der Waals surface area contributed by atoms with Crippen LogP contribution in [0.2, 0.25) is 0 Å². The van der Waals surface area contributed by atoms with Crippen molar-refractivity contribution in [3.05, 3.63) is 22.4 Å². The van der Waals surface area contributed by atoms with E-state index in [4.69, 9.17) is 4.74 Å². The van der Waals surface area contributed by atoms with E-state index in [1.54, 1.807) is 17.5 Å². The van der Waals surface area contributed by atoms with Gasteiger partial charge in [-0.25, -0.2) is 13.2 Å². The summed E-state index contributed by atoms with van der Waals surface area (Å²) in [5, 5.41) is 12.2. The highest BCUT2D eigenvalue weighted by molar-refractivity contribution is 8.01. The lowest BCUT2D eigenvalue weighted by molar-refractivity contribution is -0.210. The zero-order chi connectivity index (χ0) is 22.5. The fraction of sp³-hybridized carbons (Fsp3) is 0.500. The number of fused-ring (bicyclic) bond motifs is 1. The maximum Gasteiger partial charge on any atom is 0.511 e. The zero-order valence-electron chi connectivity index (χ0n) is 15.0. The number of hydrogen-bond acceptors (Lipinski definition) is 8. The molecular formula is C14H14F3N3O7S3. The number of sulfonamides is 1. The van der Waals surface area contributed by atoms with Crippen molar-refractivity contribution >= 4 is 50.9 Å². The van der Waals surface area contributed by atoms with Crippen LogP contribution in [0.3, 0.4) is 0 Å². The van der Waals surface area contributed by atoms with E-state index < -0.39 is 56.5 Å². The van der Waals surface area contributed by atoms with Gasteiger partial charge in [-0.05, 0) is 11.4 Å². The van der Waals surface area contributed by atoms with Crippen LogP contribution in [0.5, 0.6) is 0 Å². The Morgan fingerprint density at radius 1 is 1.43 bits per heavy atom. The predicted octanol–water partition coefficient (Wildman–Crippen LogP) is 0.184. The molecule has 166 valence electrons. The van der Waals surface area contributed by atoms with E-state index in [0.717, 1.165) is 7.11 Å². The Morgan fingerprint density at radius 2 is 2.10 bits per heavy atom. The molecule has 10 nitrogen and oxygen atoms in total. The number of carbonyl (C=O) groups excluding carboxylic acids is 2. The number of nitrogens with zero attached hydrogens (tertiary/aromatic N) is 2. The van der Waals surface area contributed by atoms with Gasteiger partial charge >= 0.3 is 21.5 Å². The molecule has 3 atom stereocenters. The molecule has 0 bridgehead atoms. The first-order valence-electron chi connectivity index (χ1n) is 8.00. The molecular weight excluding hydrogens is 475 g/mol. The van der Waals surface area contributed by atoms with Gasteiger partial charge in [0.1, 0.15) is 5.37 Å². The van der Waals surface area contributed by atoms with Crippen LogP contribution in [-0.4, -0.2) is 76.3 Å². The summed E-state index contributed by atoms with van der Waals surface area (Å²) in [6.45, 7) is 0. The van der Waals surface area contributed by atoms with Crippen LogP contribution in [0, 0.1) is 0 Å². The van der Waals surface area contributed by atoms with Crippen molar-refractivity contribution in [2.75, 3.05) is 13.0 Å². The zero-order valence-corrected chi connectivity index (χ0v) is 17.4. The lowest BCUT2D eigenvalue weighted by atomic mass is 10.00. The number of carbonyl (C=O) groups is 3. The van der Waals surface area contributed by atoms with Crippen molar-refractivity contribution < 1.29 is 45.8 Å². The summed E-state index contributed by atoms with van der Waals surface area (Å²) in [6.07, 6.45) is -2.54. The topological polar surface area (TPSA) is 133 Å². The number of ether oxygens (including phenoxy) is 1. The molecule has 3 rings (SSSR count). The molecule has 0 saturated carbocycles. The van der Waals surface area contributed by atoms with Gasteiger partial charge in [-0.2, -0.15) is 17.5 Å². The van der Waals surface area contributed by atoms with Gasteiger partial charge < -0.3 is 15.2 Å². The van der Waals surface area contributed by atoms with Crippen molar-refractivity contribution in [2.24, 2.45) is 0 Å². The minimum Gasteiger partial charge on any atom is -0.479 e. The van der Waals surface area contributed by atoms with Crippen LogP contribution in [0.15, 0.2) is 17.5 Å². The van der Waals surface area contributed by atoms with Gasteiger partial charge in [0, 0.05) is 12.0 Å². The second kappa shape index (κ2) is 7.67. The van der Waals surface area contributed by atoms with E-state index in [0.29, 0.717) is 21.5 Å². The van der Waals surface area contributed by atoms with Crippen molar-refractivity contribution in [1.82, 2.24) is 14.5 Å². The highest BCUT2D eigenvalue weighted by atomic mass is 32.2. The fourth-order valence-corrected chi connectivity index (χ4v) is 6.53. The molecule has 2 N–H and O–H groups in total. The number of carboxylic acid groups (broad SMARTS) is 1. The quantitative estimate of drug-likeness (QED) is 0.427. The first-order chi connectivity index (χ1) is 13.9. The summed E-state index contributed by atoms with van der Waals surface area (Å²) < 4.78 is 67.2. The summed E-state index contributed by atoms with van der Waals surface area (Å²) >= 11 is 1.81. The summed E-state index contributed by atoms with van der Waals surface area (Å²) in [5.74, 6) is -4.70. The van der Waals surface area contributed by atoms with Crippen LogP contribution in [0.4, 0.5) is 13.2 Å². The Morgan fingerprint density at radius 3 is 2.60 bits per heavy atom. The SMILES string of the molecule is COC1(NC(=O)Cc2cccs2)C(=O)N2C(C(=O)O)N(S(=O)(=O)C(F)(F)F)CSC21. The summed E-state index contributed by atoms with van der Waals surface area (Å²) in [6, 6.07) is 3.38. The number of rotatable bonds is 6. The largest absolute Gasteiger partial charge is 0.511 e. The number of hydrogen-bond donors (Lipinski definition) is 2. The molecule has 1 aromatic heterocycles. The number of β-lactam (4-membered cyclic amide) rings is 1. The van der Waals surface area contributed by atoms with Crippen LogP contribution >= 0.6 is 23.1 Å². The molecule has 2 saturated heterocycles. The molecule has 2 fully saturated rings. The van der Waals surface area contributed by atoms with Crippen molar-refractivity contribution in [2.45, 2.75) is 29.2 Å². The number of halogens is 3. The number of aliphatic carboxylic acids is 1. The van der Waals surface area contributed by atoms with Gasteiger partial charge in [0.15, 0.2) is 6.17 Å². The highest BCUT2D eigenvalue weighted by Gasteiger charge is 2.71. The maximum atomic E-state index is 12.9. The Hall–Kier alpha value is -1.88. The number of thioether (sulfide) groups is 1. The predicted molar refractivity (Wildman–Crippen MR) is 97.2 cm³/mol. The molecule has 2 aliphatic rings. The van der Waals surface area contributed by atoms with E-state index in [9.17, 15) is 41.1 Å². The summed E-state index contributed by atoms with van der Waals surface area (Å²) in [7, 11) is -4.96. The molecule has 2 aliphatic heterocycles. The van der Waals surface area contributed by atoms with Crippen LogP contribution in [0.1, 0.15) is 4.88 Å². The number of methoxy groups -OCH3 is 1. The minimum atomic E-state index is -6.03. The lowest BCUT2D eigenvalue weighted by Crippen LogP contribution is -2.85. The molecule has 3 heterocycles. The fourth-order valence-electron chi connectivity index (χ4n) is 3.08. The third kappa shape index (κ3) is 3.45. The Bertz CT molecular complexity index is 969. The Balaban J connectivity index is 1.87. The molecule has 0 radical (unpaired) electrons. The first kappa shape index (κ1) is 22.8. The van der Waals surface area contributed by atoms with E-state index in [1.165, 1.54) is 11.3 Å². The average molecular weight is 489 g/mol. The molecule has 3 unspecified atom stereocenters. The van der Waals surface area contributed by atoms with Crippen molar-refractivity contribution in [1.29, 1.82) is 0 Å². The summed E-state index contributed by atoms with van der Waals surface area (Å²) in [5.41, 5.74) is -7.78. The maximum absolute atomic E-state index is 12.9. The minimum absolute atomic E-state index is 0.107. The van der Waals surface area contributed by atoms with Crippen molar-refractivity contribution in [3.63, 3.8) is 0 Å². The monoisotopic (exact) mass is 489 g/mol. The average Bonchev–Trinajstić information content (AvgIpc) is 3.16. The van der Waals surface area contributed by atoms with Gasteiger partial charge in [-0.15, -0.1) is 23.1 Å².